The van der Waals surface area contributed by atoms with E-state index >= 15 is 0 Å². The van der Waals surface area contributed by atoms with Gasteiger partial charge < -0.3 is 9.30 Å². The molecular formula is C21H15FN6O. The van der Waals surface area contributed by atoms with Gasteiger partial charge in [-0.3, -0.25) is 4.57 Å². The average molecular weight is 386 g/mol. The molecule has 0 N–H and O–H groups in total. The molecule has 6 rings (SSSR count). The molecule has 0 spiro atoms. The molecule has 8 heteroatoms. The van der Waals surface area contributed by atoms with Crippen LogP contribution in [0.5, 0.6) is 5.75 Å². The maximum absolute atomic E-state index is 13.8. The van der Waals surface area contributed by atoms with Crippen LogP contribution < -0.4 is 4.74 Å². The van der Waals surface area contributed by atoms with Crippen molar-refractivity contribution in [3.63, 3.8) is 0 Å². The molecule has 4 heterocycles. The van der Waals surface area contributed by atoms with Crippen molar-refractivity contribution >= 4 is 22.2 Å². The standard InChI is InChI=1S/C21H15FN6O/c22-13-5-6-15-18(9-13)28(12-24-15)21-23-10-16-20(26-21)27(11-25-16)17-7-8-29-19-4-2-1-3-14(17)19/h1-6,9-12,17H,7-8H2/t17-/m1/s1. The number of para-hydroxylation sites is 1. The van der Waals surface area contributed by atoms with E-state index in [0.717, 1.165) is 23.4 Å². The Balaban J connectivity index is 1.52. The zero-order chi connectivity index (χ0) is 19.4. The van der Waals surface area contributed by atoms with Gasteiger partial charge in [0.2, 0.25) is 5.95 Å². The summed E-state index contributed by atoms with van der Waals surface area (Å²) >= 11 is 0. The summed E-state index contributed by atoms with van der Waals surface area (Å²) in [5.41, 5.74) is 3.82. The van der Waals surface area contributed by atoms with Gasteiger partial charge in [-0.15, -0.1) is 0 Å². The second-order valence-corrected chi connectivity index (χ2v) is 6.97. The smallest absolute Gasteiger partial charge is 0.237 e. The van der Waals surface area contributed by atoms with Crippen molar-refractivity contribution in [1.29, 1.82) is 0 Å². The lowest BCUT2D eigenvalue weighted by Gasteiger charge is -2.27. The molecule has 3 aromatic heterocycles. The van der Waals surface area contributed by atoms with E-state index in [1.54, 1.807) is 29.5 Å². The summed E-state index contributed by atoms with van der Waals surface area (Å²) in [4.78, 5) is 18.0. The van der Waals surface area contributed by atoms with Crippen LogP contribution in [-0.2, 0) is 0 Å². The normalized spacial score (nSPS) is 16.1. The van der Waals surface area contributed by atoms with Gasteiger partial charge in [0.05, 0.1) is 36.2 Å². The van der Waals surface area contributed by atoms with E-state index in [4.69, 9.17) is 9.72 Å². The molecule has 5 aromatic rings. The van der Waals surface area contributed by atoms with Crippen LogP contribution >= 0.6 is 0 Å². The molecule has 0 bridgehead atoms. The Morgan fingerprint density at radius 1 is 1.00 bits per heavy atom. The Bertz CT molecular complexity index is 1370. The minimum Gasteiger partial charge on any atom is -0.493 e. The molecule has 0 fully saturated rings. The van der Waals surface area contributed by atoms with Crippen LogP contribution in [-0.4, -0.2) is 35.7 Å². The van der Waals surface area contributed by atoms with Crippen LogP contribution in [0.4, 0.5) is 4.39 Å². The van der Waals surface area contributed by atoms with E-state index < -0.39 is 0 Å². The van der Waals surface area contributed by atoms with Gasteiger partial charge in [0.15, 0.2) is 5.65 Å². The van der Waals surface area contributed by atoms with Crippen molar-refractivity contribution < 1.29 is 9.13 Å². The molecule has 2 aromatic carbocycles. The molecule has 142 valence electrons. The minimum atomic E-state index is -0.329. The topological polar surface area (TPSA) is 70.7 Å². The summed E-state index contributed by atoms with van der Waals surface area (Å²) in [7, 11) is 0. The predicted octanol–water partition coefficient (Wildman–Crippen LogP) is 3.68. The second-order valence-electron chi connectivity index (χ2n) is 6.97. The third kappa shape index (κ3) is 2.49. The quantitative estimate of drug-likeness (QED) is 0.463. The van der Waals surface area contributed by atoms with Crippen LogP contribution in [0.2, 0.25) is 0 Å². The van der Waals surface area contributed by atoms with Crippen LogP contribution in [0.1, 0.15) is 18.0 Å². The first-order valence-corrected chi connectivity index (χ1v) is 9.32. The summed E-state index contributed by atoms with van der Waals surface area (Å²) in [5.74, 6) is 0.979. The highest BCUT2D eigenvalue weighted by Gasteiger charge is 2.25. The number of halogens is 1. The third-order valence-corrected chi connectivity index (χ3v) is 5.29. The minimum absolute atomic E-state index is 0.0738. The summed E-state index contributed by atoms with van der Waals surface area (Å²) in [6.07, 6.45) is 5.91. The van der Waals surface area contributed by atoms with Crippen molar-refractivity contribution in [2.24, 2.45) is 0 Å². The van der Waals surface area contributed by atoms with Gasteiger partial charge in [-0.2, -0.15) is 4.98 Å². The Labute approximate surface area is 164 Å². The fourth-order valence-corrected chi connectivity index (χ4v) is 3.91. The molecule has 1 aliphatic heterocycles. The van der Waals surface area contributed by atoms with E-state index in [2.05, 4.69) is 25.6 Å². The monoisotopic (exact) mass is 386 g/mol. The second kappa shape index (κ2) is 6.10. The van der Waals surface area contributed by atoms with Crippen LogP contribution in [0.3, 0.4) is 0 Å². The highest BCUT2D eigenvalue weighted by molar-refractivity contribution is 5.77. The fourth-order valence-electron chi connectivity index (χ4n) is 3.91. The van der Waals surface area contributed by atoms with Gasteiger partial charge >= 0.3 is 0 Å². The van der Waals surface area contributed by atoms with E-state index in [-0.39, 0.29) is 11.9 Å². The van der Waals surface area contributed by atoms with Gasteiger partial charge in [-0.1, -0.05) is 18.2 Å². The van der Waals surface area contributed by atoms with Gasteiger partial charge in [0.25, 0.3) is 0 Å². The fraction of sp³-hybridized carbons (Fsp3) is 0.143. The van der Waals surface area contributed by atoms with Crippen LogP contribution in [0, 0.1) is 5.82 Å². The van der Waals surface area contributed by atoms with E-state index in [1.807, 2.05) is 18.2 Å². The first-order valence-electron chi connectivity index (χ1n) is 9.32. The summed E-state index contributed by atoms with van der Waals surface area (Å²) in [5, 5.41) is 0. The van der Waals surface area contributed by atoms with E-state index in [9.17, 15) is 4.39 Å². The first kappa shape index (κ1) is 16.2. The van der Waals surface area contributed by atoms with Gasteiger partial charge in [-0.25, -0.2) is 19.3 Å². The Morgan fingerprint density at radius 2 is 1.90 bits per heavy atom. The molecular weight excluding hydrogens is 371 g/mol. The first-order chi connectivity index (χ1) is 14.3. The molecule has 0 amide bonds. The van der Waals surface area contributed by atoms with Crippen LogP contribution in [0.15, 0.2) is 61.3 Å². The highest BCUT2D eigenvalue weighted by Crippen LogP contribution is 2.35. The number of hydrogen-bond donors (Lipinski definition) is 0. The number of rotatable bonds is 2. The lowest BCUT2D eigenvalue weighted by Crippen LogP contribution is -2.20. The SMILES string of the molecule is Fc1ccc2ncn(-c3ncc4ncn([C@@H]5CCOc6ccccc65)c4n3)c2c1. The van der Waals surface area contributed by atoms with Crippen molar-refractivity contribution in [3.05, 3.63) is 72.7 Å². The Hall–Kier alpha value is -3.81. The predicted molar refractivity (Wildman–Crippen MR) is 105 cm³/mol. The largest absolute Gasteiger partial charge is 0.493 e. The number of aromatic nitrogens is 6. The third-order valence-electron chi connectivity index (χ3n) is 5.29. The molecule has 0 unspecified atom stereocenters. The van der Waals surface area contributed by atoms with Crippen LogP contribution in [0.25, 0.3) is 28.1 Å². The molecule has 29 heavy (non-hydrogen) atoms. The van der Waals surface area contributed by atoms with Gasteiger partial charge in [-0.05, 0) is 18.2 Å². The Morgan fingerprint density at radius 3 is 2.86 bits per heavy atom. The summed E-state index contributed by atoms with van der Waals surface area (Å²) in [6, 6.07) is 12.6. The lowest BCUT2D eigenvalue weighted by molar-refractivity contribution is 0.257. The molecule has 1 aliphatic rings. The number of hydrogen-bond acceptors (Lipinski definition) is 5. The van der Waals surface area contributed by atoms with Gasteiger partial charge in [0, 0.05) is 18.1 Å². The van der Waals surface area contributed by atoms with Crippen molar-refractivity contribution in [3.8, 4) is 11.7 Å². The zero-order valence-corrected chi connectivity index (χ0v) is 15.2. The lowest BCUT2D eigenvalue weighted by atomic mass is 10.0. The molecule has 0 aliphatic carbocycles. The van der Waals surface area contributed by atoms with Crippen molar-refractivity contribution in [2.45, 2.75) is 12.5 Å². The molecule has 0 saturated heterocycles. The number of fused-ring (bicyclic) bond motifs is 3. The van der Waals surface area contributed by atoms with Crippen molar-refractivity contribution in [1.82, 2.24) is 29.1 Å². The average Bonchev–Trinajstić information content (AvgIpc) is 3.36. The maximum atomic E-state index is 13.8. The number of imidazole rings is 2. The zero-order valence-electron chi connectivity index (χ0n) is 15.2. The maximum Gasteiger partial charge on any atom is 0.237 e. The Kier molecular flexibility index (Phi) is 3.40. The number of ether oxygens (including phenoxy) is 1. The van der Waals surface area contributed by atoms with E-state index in [1.165, 1.54) is 12.1 Å². The number of nitrogens with zero attached hydrogens (tertiary/aromatic N) is 6. The summed E-state index contributed by atoms with van der Waals surface area (Å²) in [6.45, 7) is 0.630. The molecule has 1 atom stereocenters. The molecule has 7 nitrogen and oxygen atoms in total. The van der Waals surface area contributed by atoms with Crippen molar-refractivity contribution in [2.75, 3.05) is 6.61 Å². The molecule has 0 radical (unpaired) electrons. The van der Waals surface area contributed by atoms with E-state index in [0.29, 0.717) is 29.1 Å². The molecule has 0 saturated carbocycles. The summed E-state index contributed by atoms with van der Waals surface area (Å²) < 4.78 is 23.3. The van der Waals surface area contributed by atoms with Gasteiger partial charge in [0.1, 0.15) is 23.4 Å². The highest BCUT2D eigenvalue weighted by atomic mass is 19.1. The number of benzene rings is 2.